The van der Waals surface area contributed by atoms with Crippen molar-refractivity contribution in [2.45, 2.75) is 19.6 Å². The number of anilines is 2. The number of alkyl halides is 3. The highest BCUT2D eigenvalue weighted by Crippen LogP contribution is 2.34. The lowest BCUT2D eigenvalue weighted by molar-refractivity contribution is -0.137. The second kappa shape index (κ2) is 10.2. The SMILES string of the molecule is CN(C=O)c1cc(Cl)c(F)cc1F.Cc1cc(C(F)(F)F)cc(N2Cc3ccc(Cl)cc3C2=O)n1. The molecule has 5 nitrogen and oxygen atoms in total. The van der Waals surface area contributed by atoms with Crippen LogP contribution in [0.4, 0.5) is 33.5 Å². The molecule has 3 aromatic rings. The summed E-state index contributed by atoms with van der Waals surface area (Å²) in [4.78, 5) is 28.9. The van der Waals surface area contributed by atoms with Gasteiger partial charge in [-0.2, -0.15) is 13.2 Å². The largest absolute Gasteiger partial charge is 0.416 e. The molecule has 2 heterocycles. The predicted octanol–water partition coefficient (Wildman–Crippen LogP) is 6.43. The lowest BCUT2D eigenvalue weighted by atomic mass is 10.1. The molecule has 0 atom stereocenters. The molecule has 1 aromatic heterocycles. The molecule has 1 aliphatic rings. The number of hydrogen-bond donors (Lipinski definition) is 0. The number of amides is 2. The van der Waals surface area contributed by atoms with E-state index >= 15 is 0 Å². The van der Waals surface area contributed by atoms with Gasteiger partial charge in [-0.25, -0.2) is 13.8 Å². The number of carbonyl (C=O) groups is 2. The van der Waals surface area contributed by atoms with Crippen LogP contribution in [0.5, 0.6) is 0 Å². The van der Waals surface area contributed by atoms with E-state index in [1.807, 2.05) is 0 Å². The van der Waals surface area contributed by atoms with Gasteiger partial charge in [-0.1, -0.05) is 29.3 Å². The molecule has 2 aromatic carbocycles. The minimum absolute atomic E-state index is 0.00959. The van der Waals surface area contributed by atoms with E-state index in [-0.39, 0.29) is 28.8 Å². The first-order valence-corrected chi connectivity index (χ1v) is 10.6. The van der Waals surface area contributed by atoms with Gasteiger partial charge in [-0.15, -0.1) is 0 Å². The summed E-state index contributed by atoms with van der Waals surface area (Å²) in [5, 5.41) is 0.187. The van der Waals surface area contributed by atoms with Crippen molar-refractivity contribution in [1.82, 2.24) is 4.98 Å². The first-order chi connectivity index (χ1) is 16.3. The Morgan fingerprint density at radius 2 is 1.74 bits per heavy atom. The number of halogens is 7. The van der Waals surface area contributed by atoms with Crippen molar-refractivity contribution in [2.75, 3.05) is 16.8 Å². The summed E-state index contributed by atoms with van der Waals surface area (Å²) < 4.78 is 64.3. The third-order valence-electron chi connectivity index (χ3n) is 4.95. The van der Waals surface area contributed by atoms with Gasteiger partial charge >= 0.3 is 6.18 Å². The van der Waals surface area contributed by atoms with E-state index in [1.54, 1.807) is 12.1 Å². The maximum Gasteiger partial charge on any atom is 0.416 e. The Bertz CT molecular complexity index is 1300. The zero-order valence-electron chi connectivity index (χ0n) is 18.1. The summed E-state index contributed by atoms with van der Waals surface area (Å²) in [6.45, 7) is 1.64. The van der Waals surface area contributed by atoms with E-state index in [0.29, 0.717) is 28.6 Å². The minimum atomic E-state index is -4.48. The molecule has 0 bridgehead atoms. The zero-order valence-corrected chi connectivity index (χ0v) is 19.6. The Morgan fingerprint density at radius 1 is 1.06 bits per heavy atom. The number of rotatable bonds is 3. The molecule has 0 aliphatic carbocycles. The third-order valence-corrected chi connectivity index (χ3v) is 5.47. The quantitative estimate of drug-likeness (QED) is 0.222. The average Bonchev–Trinajstić information content (AvgIpc) is 3.11. The molecule has 0 radical (unpaired) electrons. The summed E-state index contributed by atoms with van der Waals surface area (Å²) in [5.74, 6) is -2.08. The fraction of sp³-hybridized carbons (Fsp3) is 0.174. The topological polar surface area (TPSA) is 53.5 Å². The monoisotopic (exact) mass is 531 g/mol. The number of fused-ring (bicyclic) bond motifs is 1. The molecule has 0 fully saturated rings. The lowest BCUT2D eigenvalue weighted by Gasteiger charge is -2.17. The van der Waals surface area contributed by atoms with Gasteiger partial charge in [0.1, 0.15) is 17.5 Å². The molecule has 1 aliphatic heterocycles. The Labute approximate surface area is 206 Å². The molecular formula is C23H16Cl2F5N3O2. The van der Waals surface area contributed by atoms with Crippen molar-refractivity contribution >= 4 is 47.0 Å². The average molecular weight is 532 g/mol. The van der Waals surface area contributed by atoms with Crippen molar-refractivity contribution in [2.24, 2.45) is 0 Å². The molecule has 35 heavy (non-hydrogen) atoms. The molecule has 4 rings (SSSR count). The molecule has 0 saturated heterocycles. The fourth-order valence-corrected chi connectivity index (χ4v) is 3.58. The van der Waals surface area contributed by atoms with E-state index in [0.717, 1.165) is 23.1 Å². The van der Waals surface area contributed by atoms with Crippen LogP contribution in [0.1, 0.15) is 27.2 Å². The van der Waals surface area contributed by atoms with Gasteiger partial charge in [0.25, 0.3) is 5.91 Å². The van der Waals surface area contributed by atoms with E-state index in [1.165, 1.54) is 24.9 Å². The zero-order chi connectivity index (χ0) is 26.1. The Kier molecular flexibility index (Phi) is 7.66. The number of nitrogens with zero attached hydrogens (tertiary/aromatic N) is 3. The summed E-state index contributed by atoms with van der Waals surface area (Å²) in [6.07, 6.45) is -4.08. The van der Waals surface area contributed by atoms with Gasteiger partial charge in [-0.05, 0) is 42.8 Å². The normalized spacial score (nSPS) is 12.7. The van der Waals surface area contributed by atoms with Gasteiger partial charge in [0.15, 0.2) is 0 Å². The van der Waals surface area contributed by atoms with Gasteiger partial charge in [0, 0.05) is 29.4 Å². The first-order valence-electron chi connectivity index (χ1n) is 9.80. The van der Waals surface area contributed by atoms with E-state index in [4.69, 9.17) is 23.2 Å². The number of hydrogen-bond acceptors (Lipinski definition) is 3. The second-order valence-electron chi connectivity index (χ2n) is 7.48. The molecule has 0 N–H and O–H groups in total. The lowest BCUT2D eigenvalue weighted by Crippen LogP contribution is -2.25. The molecular weight excluding hydrogens is 516 g/mol. The van der Waals surface area contributed by atoms with Crippen LogP contribution in [0.3, 0.4) is 0 Å². The van der Waals surface area contributed by atoms with Crippen molar-refractivity contribution in [3.63, 3.8) is 0 Å². The van der Waals surface area contributed by atoms with E-state index in [2.05, 4.69) is 4.98 Å². The van der Waals surface area contributed by atoms with Crippen LogP contribution in [0.25, 0.3) is 0 Å². The highest BCUT2D eigenvalue weighted by atomic mass is 35.5. The van der Waals surface area contributed by atoms with Crippen LogP contribution >= 0.6 is 23.2 Å². The smallest absolute Gasteiger partial charge is 0.315 e. The molecule has 12 heteroatoms. The highest BCUT2D eigenvalue weighted by molar-refractivity contribution is 6.31. The van der Waals surface area contributed by atoms with Crippen LogP contribution in [0, 0.1) is 18.6 Å². The first kappa shape index (κ1) is 26.4. The standard InChI is InChI=1S/C15H10ClF3N2O.C8H6ClF2NO/c1-8-4-10(15(17,18)19)5-13(20-8)21-7-9-2-3-11(16)6-12(9)14(21)22;1-12(4-13)8-2-5(9)6(10)3-7(8)11/h2-6H,7H2,1H3;2-4H,1H3. The Balaban J connectivity index is 0.000000225. The number of pyridine rings is 1. The van der Waals surface area contributed by atoms with Gasteiger partial charge in [-0.3, -0.25) is 14.5 Å². The van der Waals surface area contributed by atoms with Crippen molar-refractivity contribution in [3.8, 4) is 0 Å². The van der Waals surface area contributed by atoms with Gasteiger partial charge in [0.2, 0.25) is 6.41 Å². The van der Waals surface area contributed by atoms with Crippen LogP contribution in [0.2, 0.25) is 10.0 Å². The molecule has 0 unspecified atom stereocenters. The van der Waals surface area contributed by atoms with Crippen LogP contribution in [-0.4, -0.2) is 24.3 Å². The van der Waals surface area contributed by atoms with Crippen LogP contribution < -0.4 is 9.80 Å². The molecule has 2 amide bonds. The second-order valence-corrected chi connectivity index (χ2v) is 8.32. The molecule has 0 spiro atoms. The van der Waals surface area contributed by atoms with Crippen molar-refractivity contribution in [3.05, 3.63) is 86.5 Å². The fourth-order valence-electron chi connectivity index (χ4n) is 3.25. The summed E-state index contributed by atoms with van der Waals surface area (Å²) >= 11 is 11.3. The highest BCUT2D eigenvalue weighted by Gasteiger charge is 2.34. The maximum atomic E-state index is 13.0. The molecule has 184 valence electrons. The summed E-state index contributed by atoms with van der Waals surface area (Å²) in [5.41, 5.74) is 0.431. The predicted molar refractivity (Wildman–Crippen MR) is 122 cm³/mol. The third kappa shape index (κ3) is 5.88. The summed E-state index contributed by atoms with van der Waals surface area (Å²) in [7, 11) is 1.35. The minimum Gasteiger partial charge on any atom is -0.315 e. The van der Waals surface area contributed by atoms with Gasteiger partial charge in [0.05, 0.1) is 22.8 Å². The van der Waals surface area contributed by atoms with E-state index in [9.17, 15) is 31.5 Å². The van der Waals surface area contributed by atoms with Crippen molar-refractivity contribution in [1.29, 1.82) is 0 Å². The molecule has 0 saturated carbocycles. The maximum absolute atomic E-state index is 13.0. The van der Waals surface area contributed by atoms with Gasteiger partial charge < -0.3 is 4.90 Å². The van der Waals surface area contributed by atoms with Crippen LogP contribution in [0.15, 0.2) is 42.5 Å². The number of benzene rings is 2. The van der Waals surface area contributed by atoms with E-state index < -0.39 is 29.3 Å². The van der Waals surface area contributed by atoms with Crippen molar-refractivity contribution < 1.29 is 31.5 Å². The number of aryl methyl sites for hydroxylation is 1. The Hall–Kier alpha value is -3.24. The summed E-state index contributed by atoms with van der Waals surface area (Å²) in [6, 6.07) is 8.38. The van der Waals surface area contributed by atoms with Crippen LogP contribution in [-0.2, 0) is 17.5 Å². The number of aromatic nitrogens is 1. The Morgan fingerprint density at radius 3 is 2.37 bits per heavy atom. The number of carbonyl (C=O) groups excluding carboxylic acids is 2.